The molecule has 0 fully saturated rings. The van der Waals surface area contributed by atoms with Gasteiger partial charge in [0.05, 0.1) is 11.9 Å². The van der Waals surface area contributed by atoms with E-state index in [9.17, 15) is 9.46 Å². The maximum Gasteiger partial charge on any atom is 0.385 e. The first kappa shape index (κ1) is 11.9. The van der Waals surface area contributed by atoms with Gasteiger partial charge >= 0.3 is 7.60 Å². The zero-order chi connectivity index (χ0) is 10.6. The largest absolute Gasteiger partial charge is 0.385 e. The van der Waals surface area contributed by atoms with Crippen LogP contribution in [0.15, 0.2) is 28.7 Å². The minimum absolute atomic E-state index is 0.195. The molecule has 1 unspecified atom stereocenters. The normalized spacial score (nSPS) is 15.1. The highest BCUT2D eigenvalue weighted by Gasteiger charge is 2.23. The third kappa shape index (κ3) is 3.19. The molecule has 78 valence electrons. The third-order valence-electron chi connectivity index (χ3n) is 1.41. The van der Waals surface area contributed by atoms with Gasteiger partial charge in [0.1, 0.15) is 0 Å². The van der Waals surface area contributed by atoms with Crippen LogP contribution in [0.4, 0.5) is 0 Å². The summed E-state index contributed by atoms with van der Waals surface area (Å²) in [6.07, 6.45) is 0. The van der Waals surface area contributed by atoms with Crippen molar-refractivity contribution in [2.75, 3.05) is 6.61 Å². The van der Waals surface area contributed by atoms with Gasteiger partial charge < -0.3 is 4.89 Å². The molecule has 0 bridgehead atoms. The van der Waals surface area contributed by atoms with Crippen molar-refractivity contribution in [3.05, 3.63) is 28.7 Å². The lowest BCUT2D eigenvalue weighted by Crippen LogP contribution is -2.07. The first-order valence-corrected chi connectivity index (χ1v) is 6.33. The average Bonchev–Trinajstić information content (AvgIpc) is 2.15. The van der Waals surface area contributed by atoms with E-state index in [0.29, 0.717) is 4.47 Å². The van der Waals surface area contributed by atoms with Gasteiger partial charge in [-0.3, -0.25) is 4.57 Å². The van der Waals surface area contributed by atoms with Gasteiger partial charge in [-0.15, -0.1) is 4.67 Å². The van der Waals surface area contributed by atoms with Crippen LogP contribution in [0.25, 0.3) is 0 Å². The van der Waals surface area contributed by atoms with Gasteiger partial charge in [0, 0.05) is 4.47 Å². The van der Waals surface area contributed by atoms with E-state index in [4.69, 9.17) is 0 Å². The van der Waals surface area contributed by atoms with Crippen molar-refractivity contribution in [1.29, 1.82) is 0 Å². The fourth-order valence-corrected chi connectivity index (χ4v) is 2.31. The van der Waals surface area contributed by atoms with Crippen molar-refractivity contribution in [3.63, 3.8) is 0 Å². The van der Waals surface area contributed by atoms with Crippen LogP contribution < -0.4 is 5.30 Å². The van der Waals surface area contributed by atoms with E-state index in [2.05, 4.69) is 25.5 Å². The topological polar surface area (TPSA) is 55.8 Å². The summed E-state index contributed by atoms with van der Waals surface area (Å²) in [4.78, 5) is 13.9. The molecule has 0 radical (unpaired) electrons. The molecular formula is C8H10BrO4P. The Hall–Kier alpha value is -0.190. The van der Waals surface area contributed by atoms with Crippen LogP contribution in [0.3, 0.4) is 0 Å². The Labute approximate surface area is 90.4 Å². The summed E-state index contributed by atoms with van der Waals surface area (Å²) < 4.78 is 16.6. The molecule has 0 aromatic heterocycles. The molecule has 6 heteroatoms. The maximum atomic E-state index is 11.5. The second kappa shape index (κ2) is 5.05. The smallest absolute Gasteiger partial charge is 0.319 e. The molecule has 0 saturated carbocycles. The molecule has 0 aliphatic heterocycles. The third-order valence-corrected chi connectivity index (χ3v) is 3.14. The average molecular weight is 281 g/mol. The quantitative estimate of drug-likeness (QED) is 0.522. The van der Waals surface area contributed by atoms with Crippen molar-refractivity contribution in [2.45, 2.75) is 6.92 Å². The van der Waals surface area contributed by atoms with Crippen molar-refractivity contribution in [1.82, 2.24) is 0 Å². The summed E-state index contributed by atoms with van der Waals surface area (Å²) in [7, 11) is -3.84. The van der Waals surface area contributed by atoms with E-state index < -0.39 is 7.60 Å². The molecule has 1 rings (SSSR count). The minimum atomic E-state index is -3.84. The number of benzene rings is 1. The molecule has 0 saturated heterocycles. The van der Waals surface area contributed by atoms with E-state index in [1.165, 1.54) is 12.1 Å². The Morgan fingerprint density at radius 2 is 2.29 bits per heavy atom. The lowest BCUT2D eigenvalue weighted by molar-refractivity contribution is -0.206. The summed E-state index contributed by atoms with van der Waals surface area (Å²) in [6, 6.07) is 6.42. The predicted molar refractivity (Wildman–Crippen MR) is 56.3 cm³/mol. The van der Waals surface area contributed by atoms with E-state index in [1.54, 1.807) is 19.1 Å². The molecule has 1 aromatic rings. The fourth-order valence-electron chi connectivity index (χ4n) is 0.819. The highest BCUT2D eigenvalue weighted by Crippen LogP contribution is 2.41. The predicted octanol–water partition coefficient (Wildman–Crippen LogP) is 2.23. The standard InChI is InChI=1S/C8H10BrO4P/c1-2-12-13-14(10,11)8-5-3-4-7(9)6-8/h3-6H,2H2,1H3,(H,10,11). The van der Waals surface area contributed by atoms with E-state index >= 15 is 0 Å². The number of rotatable bonds is 4. The molecule has 0 heterocycles. The lowest BCUT2D eigenvalue weighted by atomic mass is 10.4. The summed E-state index contributed by atoms with van der Waals surface area (Å²) in [5, 5.41) is 0.195. The van der Waals surface area contributed by atoms with Gasteiger partial charge in [-0.05, 0) is 25.1 Å². The zero-order valence-electron chi connectivity index (χ0n) is 7.51. The second-order valence-corrected chi connectivity index (χ2v) is 5.10. The van der Waals surface area contributed by atoms with Crippen molar-refractivity contribution in [2.24, 2.45) is 0 Å². The van der Waals surface area contributed by atoms with Crippen LogP contribution in [0.1, 0.15) is 6.92 Å². The first-order valence-electron chi connectivity index (χ1n) is 3.96. The summed E-state index contributed by atoms with van der Waals surface area (Å²) >= 11 is 3.19. The SMILES string of the molecule is CCOOP(=O)(O)c1cccc(Br)c1. The van der Waals surface area contributed by atoms with Crippen molar-refractivity contribution < 1.29 is 19.0 Å². The Kier molecular flexibility index (Phi) is 4.29. The Morgan fingerprint density at radius 1 is 1.57 bits per heavy atom. The summed E-state index contributed by atoms with van der Waals surface area (Å²) in [5.41, 5.74) is 0. The molecule has 1 N–H and O–H groups in total. The first-order chi connectivity index (χ1) is 6.56. The van der Waals surface area contributed by atoms with Crippen LogP contribution >= 0.6 is 23.5 Å². The van der Waals surface area contributed by atoms with Crippen LogP contribution in [-0.2, 0) is 14.1 Å². The lowest BCUT2D eigenvalue weighted by Gasteiger charge is -2.10. The number of hydrogen-bond acceptors (Lipinski definition) is 3. The van der Waals surface area contributed by atoms with E-state index in [1.807, 2.05) is 0 Å². The van der Waals surface area contributed by atoms with Gasteiger partial charge in [0.15, 0.2) is 0 Å². The number of hydrogen-bond donors (Lipinski definition) is 1. The zero-order valence-corrected chi connectivity index (χ0v) is 9.99. The van der Waals surface area contributed by atoms with E-state index in [0.717, 1.165) is 0 Å². The molecule has 4 nitrogen and oxygen atoms in total. The fraction of sp³-hybridized carbons (Fsp3) is 0.250. The molecule has 1 atom stereocenters. The van der Waals surface area contributed by atoms with Crippen LogP contribution in [0, 0.1) is 0 Å². The van der Waals surface area contributed by atoms with Crippen molar-refractivity contribution >= 4 is 28.8 Å². The highest BCUT2D eigenvalue weighted by atomic mass is 79.9. The van der Waals surface area contributed by atoms with Gasteiger partial charge in [0.25, 0.3) is 0 Å². The summed E-state index contributed by atoms with van der Waals surface area (Å²) in [5.74, 6) is 0. The van der Waals surface area contributed by atoms with Crippen LogP contribution in [0.2, 0.25) is 0 Å². The summed E-state index contributed by atoms with van der Waals surface area (Å²) in [6.45, 7) is 1.89. The van der Waals surface area contributed by atoms with Gasteiger partial charge in [-0.25, -0.2) is 4.89 Å². The highest BCUT2D eigenvalue weighted by molar-refractivity contribution is 9.10. The molecule has 1 aromatic carbocycles. The Bertz CT molecular complexity index is 355. The van der Waals surface area contributed by atoms with Crippen LogP contribution in [0.5, 0.6) is 0 Å². The molecule has 0 amide bonds. The monoisotopic (exact) mass is 280 g/mol. The van der Waals surface area contributed by atoms with Crippen LogP contribution in [-0.4, -0.2) is 11.5 Å². The molecule has 14 heavy (non-hydrogen) atoms. The molecular weight excluding hydrogens is 271 g/mol. The Morgan fingerprint density at radius 3 is 2.86 bits per heavy atom. The van der Waals surface area contributed by atoms with Gasteiger partial charge in [0.2, 0.25) is 0 Å². The van der Waals surface area contributed by atoms with Gasteiger partial charge in [-0.2, -0.15) is 0 Å². The van der Waals surface area contributed by atoms with Crippen molar-refractivity contribution in [3.8, 4) is 0 Å². The number of halogens is 1. The maximum absolute atomic E-state index is 11.5. The second-order valence-electron chi connectivity index (χ2n) is 2.48. The Balaban J connectivity index is 2.86. The van der Waals surface area contributed by atoms with E-state index in [-0.39, 0.29) is 11.9 Å². The molecule has 0 aliphatic rings. The molecule has 0 spiro atoms. The molecule has 0 aliphatic carbocycles. The minimum Gasteiger partial charge on any atom is -0.319 e. The van der Waals surface area contributed by atoms with Gasteiger partial charge in [-0.1, -0.05) is 22.0 Å².